The van der Waals surface area contributed by atoms with E-state index in [0.29, 0.717) is 11.7 Å². The second kappa shape index (κ2) is 7.76. The van der Waals surface area contributed by atoms with Gasteiger partial charge in [0, 0.05) is 24.3 Å². The maximum atomic E-state index is 12.1. The molecule has 0 saturated carbocycles. The highest BCUT2D eigenvalue weighted by Gasteiger charge is 2.10. The minimum atomic E-state index is -0.109. The second-order valence-electron chi connectivity index (χ2n) is 5.27. The van der Waals surface area contributed by atoms with Gasteiger partial charge in [0.1, 0.15) is 0 Å². The smallest absolute Gasteiger partial charge is 0.237 e. The maximum Gasteiger partial charge on any atom is 0.237 e. The average molecular weight is 361 g/mol. The number of nitrogens with zero attached hydrogens (tertiary/aromatic N) is 3. The topological polar surface area (TPSA) is 75.6 Å². The summed E-state index contributed by atoms with van der Waals surface area (Å²) in [7, 11) is 1.90. The number of imidazole rings is 2. The molecule has 0 saturated heterocycles. The summed E-state index contributed by atoms with van der Waals surface area (Å²) in [6.07, 6.45) is 4.71. The Hall–Kier alpha value is -1.93. The maximum absolute atomic E-state index is 12.1. The van der Waals surface area contributed by atoms with Crippen LogP contribution >= 0.6 is 23.5 Å². The normalized spacial score (nSPS) is 11.1. The van der Waals surface area contributed by atoms with E-state index >= 15 is 0 Å². The minimum Gasteiger partial charge on any atom is -0.329 e. The lowest BCUT2D eigenvalue weighted by molar-refractivity contribution is -0.113. The molecule has 0 aliphatic carbocycles. The molecule has 3 rings (SSSR count). The molecule has 3 aromatic rings. The summed E-state index contributed by atoms with van der Waals surface area (Å²) in [5.41, 5.74) is 1.78. The fraction of sp³-hybridized carbons (Fsp3) is 0.312. The first-order chi connectivity index (χ1) is 11.7. The number of carbonyl (C=O) groups excluding carboxylic acids is 1. The van der Waals surface area contributed by atoms with Crippen molar-refractivity contribution in [1.29, 1.82) is 0 Å². The molecule has 6 nitrogen and oxygen atoms in total. The van der Waals surface area contributed by atoms with Crippen molar-refractivity contribution in [2.75, 3.05) is 16.8 Å². The van der Waals surface area contributed by atoms with Crippen molar-refractivity contribution >= 4 is 46.4 Å². The molecule has 0 atom stereocenters. The Labute approximate surface area is 148 Å². The number of aromatic nitrogens is 4. The van der Waals surface area contributed by atoms with E-state index in [9.17, 15) is 4.79 Å². The lowest BCUT2D eigenvalue weighted by Crippen LogP contribution is -2.15. The highest BCUT2D eigenvalue weighted by atomic mass is 32.2. The van der Waals surface area contributed by atoms with Gasteiger partial charge in [-0.05, 0) is 30.4 Å². The first-order valence-electron chi connectivity index (χ1n) is 7.68. The number of hydrogen-bond donors (Lipinski definition) is 2. The Morgan fingerprint density at radius 1 is 1.38 bits per heavy atom. The first-order valence-corrected chi connectivity index (χ1v) is 9.65. The number of nitrogens with one attached hydrogen (secondary N) is 2. The molecular formula is C16H19N5OS2. The van der Waals surface area contributed by atoms with Crippen molar-refractivity contribution in [3.63, 3.8) is 0 Å². The quantitative estimate of drug-likeness (QED) is 0.630. The summed E-state index contributed by atoms with van der Waals surface area (Å²) in [6.45, 7) is 2.17. The number of carbonyl (C=O) groups is 1. The van der Waals surface area contributed by atoms with E-state index in [0.717, 1.165) is 28.4 Å². The molecule has 2 aromatic heterocycles. The molecule has 0 fully saturated rings. The zero-order chi connectivity index (χ0) is 16.9. The molecule has 0 unspecified atom stereocenters. The van der Waals surface area contributed by atoms with Gasteiger partial charge in [0.25, 0.3) is 0 Å². The molecule has 0 aliphatic heterocycles. The van der Waals surface area contributed by atoms with E-state index in [1.54, 1.807) is 6.20 Å². The molecule has 24 heavy (non-hydrogen) atoms. The van der Waals surface area contributed by atoms with Crippen LogP contribution in [0, 0.1) is 0 Å². The van der Waals surface area contributed by atoms with Crippen LogP contribution in [0.15, 0.2) is 40.6 Å². The molecule has 2 N–H and O–H groups in total. The number of anilines is 1. The second-order valence-corrected chi connectivity index (χ2v) is 7.38. The van der Waals surface area contributed by atoms with E-state index in [1.165, 1.54) is 16.7 Å². The average Bonchev–Trinajstić information content (AvgIpc) is 3.15. The Morgan fingerprint density at radius 3 is 3.00 bits per heavy atom. The number of H-pyrrole nitrogens is 1. The zero-order valence-electron chi connectivity index (χ0n) is 13.6. The predicted molar refractivity (Wildman–Crippen MR) is 99.7 cm³/mol. The van der Waals surface area contributed by atoms with Crippen molar-refractivity contribution < 1.29 is 4.79 Å². The van der Waals surface area contributed by atoms with Crippen LogP contribution in [0.2, 0.25) is 0 Å². The largest absolute Gasteiger partial charge is 0.329 e. The van der Waals surface area contributed by atoms with Crippen molar-refractivity contribution in [1.82, 2.24) is 19.5 Å². The minimum absolute atomic E-state index is 0.109. The Balaban J connectivity index is 1.62. The van der Waals surface area contributed by atoms with Crippen LogP contribution in [0.25, 0.3) is 11.0 Å². The third-order valence-electron chi connectivity index (χ3n) is 3.29. The van der Waals surface area contributed by atoms with Gasteiger partial charge in [-0.25, -0.2) is 9.97 Å². The van der Waals surface area contributed by atoms with E-state index in [2.05, 4.69) is 39.3 Å². The van der Waals surface area contributed by atoms with E-state index < -0.39 is 0 Å². The van der Waals surface area contributed by atoms with Crippen LogP contribution < -0.4 is 5.32 Å². The summed E-state index contributed by atoms with van der Waals surface area (Å²) < 4.78 is 1.88. The predicted octanol–water partition coefficient (Wildman–Crippen LogP) is 3.53. The van der Waals surface area contributed by atoms with Crippen LogP contribution in [0.3, 0.4) is 0 Å². The van der Waals surface area contributed by atoms with Crippen LogP contribution in [0.4, 0.5) is 5.95 Å². The monoisotopic (exact) mass is 361 g/mol. The number of hydrogen-bond acceptors (Lipinski definition) is 5. The van der Waals surface area contributed by atoms with E-state index in [-0.39, 0.29) is 5.91 Å². The van der Waals surface area contributed by atoms with Crippen LogP contribution in [0.5, 0.6) is 0 Å². The summed E-state index contributed by atoms with van der Waals surface area (Å²) in [6, 6.07) is 6.11. The lowest BCUT2D eigenvalue weighted by Gasteiger charge is -2.02. The van der Waals surface area contributed by atoms with E-state index in [1.807, 2.05) is 35.6 Å². The Bertz CT molecular complexity index is 842. The van der Waals surface area contributed by atoms with Gasteiger partial charge in [0.15, 0.2) is 5.16 Å². The van der Waals surface area contributed by atoms with Crippen molar-refractivity contribution in [2.45, 2.75) is 23.4 Å². The molecule has 0 aliphatic rings. The van der Waals surface area contributed by atoms with Crippen LogP contribution in [0.1, 0.15) is 13.3 Å². The molecule has 126 valence electrons. The SMILES string of the molecule is CCCSc1ccc2nc(NC(=O)CSc3nccn3C)[nH]c2c1. The first kappa shape index (κ1) is 16.9. The number of fused-ring (bicyclic) bond motifs is 1. The molecule has 8 heteroatoms. The number of aryl methyl sites for hydroxylation is 1. The fourth-order valence-corrected chi connectivity index (χ4v) is 3.68. The van der Waals surface area contributed by atoms with Gasteiger partial charge in [-0.15, -0.1) is 11.8 Å². The highest BCUT2D eigenvalue weighted by molar-refractivity contribution is 7.99. The molecule has 1 aromatic carbocycles. The van der Waals surface area contributed by atoms with Gasteiger partial charge in [0.2, 0.25) is 11.9 Å². The number of amides is 1. The zero-order valence-corrected chi connectivity index (χ0v) is 15.2. The van der Waals surface area contributed by atoms with Gasteiger partial charge in [-0.3, -0.25) is 10.1 Å². The summed E-state index contributed by atoms with van der Waals surface area (Å²) in [4.78, 5) is 25.0. The van der Waals surface area contributed by atoms with Gasteiger partial charge in [-0.2, -0.15) is 0 Å². The number of rotatable bonds is 7. The van der Waals surface area contributed by atoms with Gasteiger partial charge >= 0.3 is 0 Å². The molecular weight excluding hydrogens is 342 g/mol. The van der Waals surface area contributed by atoms with Crippen LogP contribution in [-0.2, 0) is 11.8 Å². The fourth-order valence-electron chi connectivity index (χ4n) is 2.15. The standard InChI is InChI=1S/C16H19N5OS2/c1-3-8-23-11-4-5-12-13(9-11)19-15(18-12)20-14(22)10-24-16-17-6-7-21(16)2/h4-7,9H,3,8,10H2,1-2H3,(H2,18,19,20,22). The summed E-state index contributed by atoms with van der Waals surface area (Å²) in [5.74, 6) is 1.75. The molecule has 0 spiro atoms. The van der Waals surface area contributed by atoms with E-state index in [4.69, 9.17) is 0 Å². The van der Waals surface area contributed by atoms with Crippen molar-refractivity contribution in [2.24, 2.45) is 7.05 Å². The van der Waals surface area contributed by atoms with Crippen molar-refractivity contribution in [3.05, 3.63) is 30.6 Å². The molecule has 0 radical (unpaired) electrons. The van der Waals surface area contributed by atoms with Gasteiger partial charge < -0.3 is 9.55 Å². The Kier molecular flexibility index (Phi) is 5.47. The number of thioether (sulfide) groups is 2. The number of benzene rings is 1. The molecule has 1 amide bonds. The Morgan fingerprint density at radius 2 is 2.25 bits per heavy atom. The number of aromatic amines is 1. The molecule has 2 heterocycles. The molecule has 0 bridgehead atoms. The third-order valence-corrected chi connectivity index (χ3v) is 5.55. The van der Waals surface area contributed by atoms with Gasteiger partial charge in [-0.1, -0.05) is 18.7 Å². The summed E-state index contributed by atoms with van der Waals surface area (Å²) >= 11 is 3.21. The van der Waals surface area contributed by atoms with Gasteiger partial charge in [0.05, 0.1) is 16.8 Å². The highest BCUT2D eigenvalue weighted by Crippen LogP contribution is 2.24. The lowest BCUT2D eigenvalue weighted by atomic mass is 10.3. The summed E-state index contributed by atoms with van der Waals surface area (Å²) in [5, 5.41) is 3.62. The van der Waals surface area contributed by atoms with Crippen LogP contribution in [-0.4, -0.2) is 36.9 Å². The van der Waals surface area contributed by atoms with Crippen molar-refractivity contribution in [3.8, 4) is 0 Å². The third kappa shape index (κ3) is 4.12.